The Morgan fingerprint density at radius 1 is 1.31 bits per heavy atom. The van der Waals surface area contributed by atoms with Crippen molar-refractivity contribution in [3.8, 4) is 0 Å². The summed E-state index contributed by atoms with van der Waals surface area (Å²) in [6.45, 7) is 4.21. The average molecular weight is 360 g/mol. The van der Waals surface area contributed by atoms with Crippen LogP contribution in [0.4, 0.5) is 4.79 Å². The highest BCUT2D eigenvalue weighted by molar-refractivity contribution is 5.87. The smallest absolute Gasteiger partial charge is 0.410 e. The number of hydrogen-bond acceptors (Lipinski definition) is 5. The van der Waals surface area contributed by atoms with Gasteiger partial charge in [0.1, 0.15) is 19.2 Å². The molecule has 1 atom stereocenters. The molecule has 1 heterocycles. The van der Waals surface area contributed by atoms with Crippen LogP contribution in [-0.2, 0) is 25.7 Å². The summed E-state index contributed by atoms with van der Waals surface area (Å²) in [6, 6.07) is 8.70. The molecule has 0 aromatic heterocycles. The van der Waals surface area contributed by atoms with E-state index in [0.717, 1.165) is 12.0 Å². The van der Waals surface area contributed by atoms with Crippen LogP contribution in [0.2, 0.25) is 0 Å². The number of carbonyl (C=O) groups is 3. The summed E-state index contributed by atoms with van der Waals surface area (Å²) in [5.74, 6) is -0.741. The quantitative estimate of drug-likeness (QED) is 0.549. The maximum atomic E-state index is 12.6. The van der Waals surface area contributed by atoms with Crippen molar-refractivity contribution in [1.29, 1.82) is 0 Å². The highest BCUT2D eigenvalue weighted by atomic mass is 16.6. The topological polar surface area (TPSA) is 76.2 Å². The van der Waals surface area contributed by atoms with Gasteiger partial charge in [0.25, 0.3) is 0 Å². The molecule has 140 valence electrons. The molecule has 2 amide bonds. The van der Waals surface area contributed by atoms with Crippen molar-refractivity contribution in [2.45, 2.75) is 25.5 Å². The Hall–Kier alpha value is -2.83. The fourth-order valence-corrected chi connectivity index (χ4v) is 2.87. The monoisotopic (exact) mass is 360 g/mol. The van der Waals surface area contributed by atoms with Gasteiger partial charge in [-0.1, -0.05) is 36.4 Å². The van der Waals surface area contributed by atoms with E-state index in [-0.39, 0.29) is 25.6 Å². The molecule has 1 aromatic carbocycles. The Bertz CT molecular complexity index is 647. The maximum Gasteiger partial charge on any atom is 0.410 e. The van der Waals surface area contributed by atoms with Gasteiger partial charge in [-0.05, 0) is 18.4 Å². The normalized spacial score (nSPS) is 16.0. The fraction of sp³-hybridized carbons (Fsp3) is 0.421. The minimum atomic E-state index is -0.601. The van der Waals surface area contributed by atoms with Crippen molar-refractivity contribution >= 4 is 18.0 Å². The van der Waals surface area contributed by atoms with E-state index in [9.17, 15) is 14.4 Å². The second kappa shape index (κ2) is 9.60. The molecule has 7 heteroatoms. The molecule has 0 saturated carbocycles. The molecule has 0 N–H and O–H groups in total. The summed E-state index contributed by atoms with van der Waals surface area (Å²) < 4.78 is 10.0. The van der Waals surface area contributed by atoms with Crippen LogP contribution < -0.4 is 0 Å². The second-order valence-electron chi connectivity index (χ2n) is 5.98. The van der Waals surface area contributed by atoms with Crippen LogP contribution in [0, 0.1) is 0 Å². The molecule has 1 aliphatic heterocycles. The summed E-state index contributed by atoms with van der Waals surface area (Å²) in [5, 5.41) is 0. The van der Waals surface area contributed by atoms with Gasteiger partial charge in [0.05, 0.1) is 7.11 Å². The molecular formula is C19H24N2O5. The first-order valence-electron chi connectivity index (χ1n) is 8.50. The lowest BCUT2D eigenvalue weighted by molar-refractivity contribution is -0.151. The van der Waals surface area contributed by atoms with Gasteiger partial charge in [0, 0.05) is 13.1 Å². The van der Waals surface area contributed by atoms with Gasteiger partial charge in [-0.2, -0.15) is 0 Å². The van der Waals surface area contributed by atoms with Crippen molar-refractivity contribution in [3.05, 3.63) is 48.6 Å². The zero-order valence-electron chi connectivity index (χ0n) is 14.9. The Kier molecular flexibility index (Phi) is 7.20. The Morgan fingerprint density at radius 3 is 2.69 bits per heavy atom. The number of nitrogens with zero attached hydrogens (tertiary/aromatic N) is 2. The molecule has 1 aromatic rings. The number of hydrogen-bond donors (Lipinski definition) is 0. The number of likely N-dealkylation sites (tertiary alicyclic amines) is 1. The summed E-state index contributed by atoms with van der Waals surface area (Å²) in [4.78, 5) is 39.4. The van der Waals surface area contributed by atoms with E-state index in [1.165, 1.54) is 23.0 Å². The van der Waals surface area contributed by atoms with Crippen LogP contribution >= 0.6 is 0 Å². The van der Waals surface area contributed by atoms with E-state index in [4.69, 9.17) is 9.47 Å². The first-order valence-corrected chi connectivity index (χ1v) is 8.50. The molecule has 0 aliphatic carbocycles. The van der Waals surface area contributed by atoms with E-state index in [1.54, 1.807) is 0 Å². The fourth-order valence-electron chi connectivity index (χ4n) is 2.87. The predicted octanol–water partition coefficient (Wildman–Crippen LogP) is 1.98. The molecule has 0 radical (unpaired) electrons. The first-order chi connectivity index (χ1) is 12.6. The largest absolute Gasteiger partial charge is 0.467 e. The van der Waals surface area contributed by atoms with E-state index in [1.807, 2.05) is 30.3 Å². The molecular weight excluding hydrogens is 336 g/mol. The van der Waals surface area contributed by atoms with Crippen LogP contribution in [0.25, 0.3) is 0 Å². The predicted molar refractivity (Wildman–Crippen MR) is 95.1 cm³/mol. The van der Waals surface area contributed by atoms with Gasteiger partial charge in [-0.15, -0.1) is 6.58 Å². The van der Waals surface area contributed by atoms with Crippen molar-refractivity contribution in [1.82, 2.24) is 9.80 Å². The third-order valence-corrected chi connectivity index (χ3v) is 4.19. The van der Waals surface area contributed by atoms with Crippen molar-refractivity contribution < 1.29 is 23.9 Å². The molecule has 1 saturated heterocycles. The number of ether oxygens (including phenoxy) is 2. The Balaban J connectivity index is 1.95. The number of methoxy groups -OCH3 is 1. The second-order valence-corrected chi connectivity index (χ2v) is 5.98. The van der Waals surface area contributed by atoms with Crippen LogP contribution in [-0.4, -0.2) is 60.6 Å². The standard InChI is InChI=1S/C19H24N2O5/c1-3-11-20(19(24)26-14-15-8-5-4-6-9-15)13-17(22)21-12-7-10-16(21)18(23)25-2/h3-6,8-9,16H,1,7,10-14H2,2H3/t16-/m0/s1. The molecule has 0 bridgehead atoms. The van der Waals surface area contributed by atoms with Gasteiger partial charge in [0.2, 0.25) is 5.91 Å². The van der Waals surface area contributed by atoms with Crippen molar-refractivity contribution in [2.24, 2.45) is 0 Å². The number of esters is 1. The van der Waals surface area contributed by atoms with E-state index in [2.05, 4.69) is 6.58 Å². The minimum absolute atomic E-state index is 0.121. The minimum Gasteiger partial charge on any atom is -0.467 e. The van der Waals surface area contributed by atoms with Crippen molar-refractivity contribution in [2.75, 3.05) is 26.7 Å². The van der Waals surface area contributed by atoms with Crippen LogP contribution in [0.1, 0.15) is 18.4 Å². The number of rotatable bonds is 7. The number of amides is 2. The van der Waals surface area contributed by atoms with Crippen LogP contribution in [0.3, 0.4) is 0 Å². The summed E-state index contributed by atoms with van der Waals surface area (Å²) >= 11 is 0. The molecule has 0 unspecified atom stereocenters. The number of carbonyl (C=O) groups excluding carboxylic acids is 3. The average Bonchev–Trinajstić information content (AvgIpc) is 3.16. The molecule has 26 heavy (non-hydrogen) atoms. The van der Waals surface area contributed by atoms with Gasteiger partial charge < -0.3 is 14.4 Å². The zero-order valence-corrected chi connectivity index (χ0v) is 14.9. The molecule has 1 fully saturated rings. The Labute approximate surface area is 153 Å². The highest BCUT2D eigenvalue weighted by Crippen LogP contribution is 2.19. The van der Waals surface area contributed by atoms with Gasteiger partial charge in [0.15, 0.2) is 0 Å². The first kappa shape index (κ1) is 19.5. The molecule has 7 nitrogen and oxygen atoms in total. The molecule has 0 spiro atoms. The molecule has 1 aliphatic rings. The zero-order chi connectivity index (χ0) is 18.9. The number of benzene rings is 1. The maximum absolute atomic E-state index is 12.6. The SMILES string of the molecule is C=CCN(CC(=O)N1CCC[C@H]1C(=O)OC)C(=O)OCc1ccccc1. The summed E-state index contributed by atoms with van der Waals surface area (Å²) in [6.07, 6.45) is 2.22. The third kappa shape index (κ3) is 5.08. The molecule has 2 rings (SSSR count). The lowest BCUT2D eigenvalue weighted by Crippen LogP contribution is -2.47. The lowest BCUT2D eigenvalue weighted by Gasteiger charge is -2.26. The van der Waals surface area contributed by atoms with E-state index >= 15 is 0 Å². The lowest BCUT2D eigenvalue weighted by atomic mass is 10.2. The third-order valence-electron chi connectivity index (χ3n) is 4.19. The van der Waals surface area contributed by atoms with Gasteiger partial charge >= 0.3 is 12.1 Å². The van der Waals surface area contributed by atoms with Crippen LogP contribution in [0.5, 0.6) is 0 Å². The highest BCUT2D eigenvalue weighted by Gasteiger charge is 2.35. The van der Waals surface area contributed by atoms with Crippen LogP contribution in [0.15, 0.2) is 43.0 Å². The van der Waals surface area contributed by atoms with E-state index in [0.29, 0.717) is 13.0 Å². The Morgan fingerprint density at radius 2 is 2.04 bits per heavy atom. The van der Waals surface area contributed by atoms with E-state index < -0.39 is 18.1 Å². The van der Waals surface area contributed by atoms with Gasteiger partial charge in [-0.25, -0.2) is 9.59 Å². The summed E-state index contributed by atoms with van der Waals surface area (Å²) in [7, 11) is 1.30. The van der Waals surface area contributed by atoms with Crippen molar-refractivity contribution in [3.63, 3.8) is 0 Å². The summed E-state index contributed by atoms with van der Waals surface area (Å²) in [5.41, 5.74) is 0.857. The van der Waals surface area contributed by atoms with Gasteiger partial charge in [-0.3, -0.25) is 9.69 Å².